The van der Waals surface area contributed by atoms with Gasteiger partial charge in [-0.15, -0.1) is 10.2 Å². The number of amides is 1. The Morgan fingerprint density at radius 2 is 1.72 bits per heavy atom. The quantitative estimate of drug-likeness (QED) is 0.174. The monoisotopic (exact) mass is 517 g/mol. The SMILES string of the molecule is Cc1ccc(-n2c(SCC(=O)N/N=C/c3ccccc3Cl)nnc2-c2ccc(C(C)(C)C)cc2)cc1. The summed E-state index contributed by atoms with van der Waals surface area (Å²) in [7, 11) is 0. The lowest BCUT2D eigenvalue weighted by atomic mass is 9.87. The molecule has 0 unspecified atom stereocenters. The van der Waals surface area contributed by atoms with Crippen molar-refractivity contribution in [2.75, 3.05) is 5.75 Å². The molecule has 0 aliphatic heterocycles. The molecule has 36 heavy (non-hydrogen) atoms. The molecule has 1 heterocycles. The molecule has 4 aromatic rings. The van der Waals surface area contributed by atoms with Gasteiger partial charge in [-0.1, -0.05) is 104 Å². The van der Waals surface area contributed by atoms with Crippen molar-refractivity contribution in [3.8, 4) is 17.1 Å². The lowest BCUT2D eigenvalue weighted by Crippen LogP contribution is -2.20. The van der Waals surface area contributed by atoms with Crippen molar-refractivity contribution in [1.29, 1.82) is 0 Å². The number of aryl methyl sites for hydroxylation is 1. The van der Waals surface area contributed by atoms with Crippen LogP contribution in [0.1, 0.15) is 37.5 Å². The van der Waals surface area contributed by atoms with Gasteiger partial charge >= 0.3 is 0 Å². The van der Waals surface area contributed by atoms with Crippen LogP contribution in [0.3, 0.4) is 0 Å². The molecule has 0 bridgehead atoms. The minimum Gasteiger partial charge on any atom is -0.272 e. The highest BCUT2D eigenvalue weighted by atomic mass is 35.5. The Labute approximate surface area is 220 Å². The number of thioether (sulfide) groups is 1. The number of nitrogens with zero attached hydrogens (tertiary/aromatic N) is 4. The van der Waals surface area contributed by atoms with Crippen molar-refractivity contribution < 1.29 is 4.79 Å². The summed E-state index contributed by atoms with van der Waals surface area (Å²) in [5.41, 5.74) is 7.63. The summed E-state index contributed by atoms with van der Waals surface area (Å²) in [6, 6.07) is 23.8. The smallest absolute Gasteiger partial charge is 0.250 e. The van der Waals surface area contributed by atoms with Crippen molar-refractivity contribution in [3.05, 3.63) is 94.5 Å². The summed E-state index contributed by atoms with van der Waals surface area (Å²) in [4.78, 5) is 12.5. The van der Waals surface area contributed by atoms with E-state index in [4.69, 9.17) is 11.6 Å². The molecule has 0 aliphatic carbocycles. The Morgan fingerprint density at radius 3 is 2.39 bits per heavy atom. The molecule has 0 aliphatic rings. The van der Waals surface area contributed by atoms with E-state index in [1.807, 2.05) is 54.0 Å². The molecule has 0 radical (unpaired) electrons. The van der Waals surface area contributed by atoms with Gasteiger partial charge in [0.05, 0.1) is 12.0 Å². The van der Waals surface area contributed by atoms with E-state index in [1.54, 1.807) is 6.07 Å². The zero-order chi connectivity index (χ0) is 25.7. The van der Waals surface area contributed by atoms with Crippen LogP contribution < -0.4 is 5.43 Å². The summed E-state index contributed by atoms with van der Waals surface area (Å²) < 4.78 is 1.98. The Kier molecular flexibility index (Phi) is 7.91. The molecule has 0 atom stereocenters. The first-order valence-electron chi connectivity index (χ1n) is 11.5. The van der Waals surface area contributed by atoms with Crippen LogP contribution >= 0.6 is 23.4 Å². The number of nitrogens with one attached hydrogen (secondary N) is 1. The van der Waals surface area contributed by atoms with Gasteiger partial charge in [-0.05, 0) is 36.1 Å². The maximum atomic E-state index is 12.5. The van der Waals surface area contributed by atoms with Crippen LogP contribution in [-0.2, 0) is 10.2 Å². The molecule has 6 nitrogen and oxygen atoms in total. The Bertz CT molecular complexity index is 1370. The zero-order valence-electron chi connectivity index (χ0n) is 20.7. The summed E-state index contributed by atoms with van der Waals surface area (Å²) in [6.07, 6.45) is 1.53. The first kappa shape index (κ1) is 25.7. The second-order valence-electron chi connectivity index (χ2n) is 9.41. The van der Waals surface area contributed by atoms with Crippen molar-refractivity contribution >= 4 is 35.5 Å². The fourth-order valence-electron chi connectivity index (χ4n) is 3.51. The molecule has 1 aromatic heterocycles. The van der Waals surface area contributed by atoms with Gasteiger partial charge < -0.3 is 0 Å². The summed E-state index contributed by atoms with van der Waals surface area (Å²) in [5, 5.41) is 14.1. The fourth-order valence-corrected chi connectivity index (χ4v) is 4.44. The largest absolute Gasteiger partial charge is 0.272 e. The molecule has 4 rings (SSSR count). The zero-order valence-corrected chi connectivity index (χ0v) is 22.3. The van der Waals surface area contributed by atoms with Crippen LogP contribution in [0.4, 0.5) is 0 Å². The van der Waals surface area contributed by atoms with Crippen molar-refractivity contribution in [1.82, 2.24) is 20.2 Å². The Balaban J connectivity index is 1.55. The first-order valence-corrected chi connectivity index (χ1v) is 12.9. The average Bonchev–Trinajstić information content (AvgIpc) is 3.28. The van der Waals surface area contributed by atoms with Crippen LogP contribution in [0.5, 0.6) is 0 Å². The Hall–Kier alpha value is -3.42. The van der Waals surface area contributed by atoms with Crippen molar-refractivity contribution in [3.63, 3.8) is 0 Å². The second kappa shape index (κ2) is 11.1. The van der Waals surface area contributed by atoms with Gasteiger partial charge in [0.1, 0.15) is 0 Å². The van der Waals surface area contributed by atoms with E-state index in [1.165, 1.54) is 23.5 Å². The summed E-state index contributed by atoms with van der Waals surface area (Å²) >= 11 is 7.43. The van der Waals surface area contributed by atoms with Gasteiger partial charge in [0.15, 0.2) is 11.0 Å². The van der Waals surface area contributed by atoms with E-state index in [0.29, 0.717) is 10.2 Å². The molecule has 8 heteroatoms. The maximum absolute atomic E-state index is 12.5. The number of hydrogen-bond donors (Lipinski definition) is 1. The van der Waals surface area contributed by atoms with Crippen molar-refractivity contribution in [2.45, 2.75) is 38.3 Å². The number of benzene rings is 3. The minimum absolute atomic E-state index is 0.0614. The first-order chi connectivity index (χ1) is 17.2. The molecule has 0 saturated carbocycles. The Morgan fingerprint density at radius 1 is 1.03 bits per heavy atom. The van der Waals surface area contributed by atoms with Crippen LogP contribution in [-0.4, -0.2) is 32.6 Å². The number of hydrazone groups is 1. The fraction of sp³-hybridized carbons (Fsp3) is 0.214. The summed E-state index contributed by atoms with van der Waals surface area (Å²) in [5.74, 6) is 0.601. The molecule has 1 amide bonds. The van der Waals surface area contributed by atoms with Gasteiger partial charge in [-0.2, -0.15) is 5.10 Å². The third kappa shape index (κ3) is 6.22. The number of aromatic nitrogens is 3. The number of carbonyl (C=O) groups excluding carboxylic acids is 1. The van der Waals surface area contributed by atoms with Gasteiger partial charge in [0.2, 0.25) is 0 Å². The van der Waals surface area contributed by atoms with Crippen LogP contribution in [0.15, 0.2) is 83.1 Å². The lowest BCUT2D eigenvalue weighted by Gasteiger charge is -2.19. The molecule has 184 valence electrons. The van der Waals surface area contributed by atoms with Gasteiger partial charge in [-0.25, -0.2) is 5.43 Å². The number of carbonyl (C=O) groups is 1. The topological polar surface area (TPSA) is 72.2 Å². The molecule has 1 N–H and O–H groups in total. The van der Waals surface area contributed by atoms with Crippen LogP contribution in [0.2, 0.25) is 5.02 Å². The van der Waals surface area contributed by atoms with Crippen molar-refractivity contribution in [2.24, 2.45) is 5.10 Å². The molecule has 0 saturated heterocycles. The van der Waals surface area contributed by atoms with E-state index in [0.717, 1.165) is 28.2 Å². The van der Waals surface area contributed by atoms with E-state index in [2.05, 4.69) is 65.8 Å². The molecule has 0 fully saturated rings. The predicted octanol–water partition coefficient (Wildman–Crippen LogP) is 6.44. The maximum Gasteiger partial charge on any atom is 0.250 e. The average molecular weight is 518 g/mol. The molecule has 3 aromatic carbocycles. The highest BCUT2D eigenvalue weighted by Crippen LogP contribution is 2.30. The lowest BCUT2D eigenvalue weighted by molar-refractivity contribution is -0.118. The third-order valence-electron chi connectivity index (χ3n) is 5.57. The predicted molar refractivity (Wildman–Crippen MR) is 148 cm³/mol. The number of rotatable bonds is 7. The standard InChI is InChI=1S/C28H28ClN5OS/c1-19-9-15-23(16-10-19)34-26(20-11-13-22(14-12-20)28(2,3)4)32-33-27(34)36-18-25(35)31-30-17-21-7-5-6-8-24(21)29/h5-17H,18H2,1-4H3,(H,31,35)/b30-17+. The second-order valence-corrected chi connectivity index (χ2v) is 10.8. The summed E-state index contributed by atoms with van der Waals surface area (Å²) in [6.45, 7) is 8.62. The van der Waals surface area contributed by atoms with Gasteiger partial charge in [0.25, 0.3) is 5.91 Å². The van der Waals surface area contributed by atoms with Gasteiger partial charge in [0, 0.05) is 21.8 Å². The van der Waals surface area contributed by atoms with Gasteiger partial charge in [-0.3, -0.25) is 9.36 Å². The van der Waals surface area contributed by atoms with E-state index in [9.17, 15) is 4.79 Å². The normalized spacial score (nSPS) is 11.7. The number of hydrogen-bond acceptors (Lipinski definition) is 5. The van der Waals surface area contributed by atoms with Crippen LogP contribution in [0, 0.1) is 6.92 Å². The highest BCUT2D eigenvalue weighted by Gasteiger charge is 2.19. The van der Waals surface area contributed by atoms with E-state index >= 15 is 0 Å². The van der Waals surface area contributed by atoms with E-state index in [-0.39, 0.29) is 17.1 Å². The van der Waals surface area contributed by atoms with Crippen LogP contribution in [0.25, 0.3) is 17.1 Å². The molecule has 0 spiro atoms. The third-order valence-corrected chi connectivity index (χ3v) is 6.84. The number of halogens is 1. The molecular weight excluding hydrogens is 490 g/mol. The van der Waals surface area contributed by atoms with E-state index < -0.39 is 0 Å². The molecular formula is C28H28ClN5OS. The minimum atomic E-state index is -0.252. The highest BCUT2D eigenvalue weighted by molar-refractivity contribution is 7.99.